The number of carbonyl (C=O) groups is 1. The smallest absolute Gasteiger partial charge is 0.308 e. The summed E-state index contributed by atoms with van der Waals surface area (Å²) in [6.45, 7) is 3.81. The summed E-state index contributed by atoms with van der Waals surface area (Å²) in [5.41, 5.74) is 0.876. The summed E-state index contributed by atoms with van der Waals surface area (Å²) >= 11 is 12.1. The maximum atomic E-state index is 11.1. The first-order valence-electron chi connectivity index (χ1n) is 6.46. The van der Waals surface area contributed by atoms with Gasteiger partial charge in [0.2, 0.25) is 0 Å². The quantitative estimate of drug-likeness (QED) is 0.589. The second-order valence-electron chi connectivity index (χ2n) is 4.23. The molecule has 0 atom stereocenters. The fraction of sp³-hybridized carbons (Fsp3) is 0.500. The zero-order valence-electron chi connectivity index (χ0n) is 11.7. The van der Waals surface area contributed by atoms with Crippen molar-refractivity contribution in [1.82, 2.24) is 5.32 Å². The highest BCUT2D eigenvalue weighted by molar-refractivity contribution is 6.35. The van der Waals surface area contributed by atoms with Gasteiger partial charge in [0, 0.05) is 17.1 Å². The highest BCUT2D eigenvalue weighted by atomic mass is 35.5. The van der Waals surface area contributed by atoms with Gasteiger partial charge in [0.05, 0.1) is 25.2 Å². The van der Waals surface area contributed by atoms with E-state index >= 15 is 0 Å². The van der Waals surface area contributed by atoms with E-state index in [9.17, 15) is 4.79 Å². The molecule has 1 rings (SSSR count). The number of rotatable bonds is 8. The molecule has 0 aromatic heterocycles. The average molecular weight is 320 g/mol. The lowest BCUT2D eigenvalue weighted by Crippen LogP contribution is -2.15. The second-order valence-corrected chi connectivity index (χ2v) is 5.07. The number of carbonyl (C=O) groups excluding carboxylic acids is 1. The van der Waals surface area contributed by atoms with E-state index in [1.807, 2.05) is 6.07 Å². The Morgan fingerprint density at radius 1 is 1.35 bits per heavy atom. The second kappa shape index (κ2) is 9.06. The van der Waals surface area contributed by atoms with Gasteiger partial charge in [-0.1, -0.05) is 30.1 Å². The van der Waals surface area contributed by atoms with E-state index in [0.29, 0.717) is 22.3 Å². The van der Waals surface area contributed by atoms with Crippen molar-refractivity contribution in [2.24, 2.45) is 0 Å². The molecule has 0 fully saturated rings. The molecule has 0 saturated carbocycles. The molecule has 0 saturated heterocycles. The van der Waals surface area contributed by atoms with Gasteiger partial charge in [-0.15, -0.1) is 0 Å². The van der Waals surface area contributed by atoms with Gasteiger partial charge in [0.1, 0.15) is 5.75 Å². The van der Waals surface area contributed by atoms with Crippen LogP contribution in [0.3, 0.4) is 0 Å². The zero-order chi connectivity index (χ0) is 15.0. The minimum Gasteiger partial charge on any atom is -0.491 e. The van der Waals surface area contributed by atoms with Gasteiger partial charge >= 0.3 is 5.97 Å². The number of esters is 1. The van der Waals surface area contributed by atoms with E-state index in [4.69, 9.17) is 27.9 Å². The summed E-state index contributed by atoms with van der Waals surface area (Å²) in [7, 11) is 1.34. The van der Waals surface area contributed by atoms with Crippen LogP contribution in [-0.4, -0.2) is 26.2 Å². The molecular weight excluding hydrogens is 301 g/mol. The number of hydrogen-bond donors (Lipinski definition) is 1. The highest BCUT2D eigenvalue weighted by Crippen LogP contribution is 2.32. The van der Waals surface area contributed by atoms with E-state index < -0.39 is 0 Å². The van der Waals surface area contributed by atoms with E-state index in [-0.39, 0.29) is 19.0 Å². The van der Waals surface area contributed by atoms with E-state index in [2.05, 4.69) is 17.0 Å². The Hall–Kier alpha value is -0.970. The molecule has 20 heavy (non-hydrogen) atoms. The van der Waals surface area contributed by atoms with Crippen LogP contribution in [0.4, 0.5) is 0 Å². The average Bonchev–Trinajstić information content (AvgIpc) is 2.41. The first kappa shape index (κ1) is 17.1. The van der Waals surface area contributed by atoms with Crippen molar-refractivity contribution in [3.8, 4) is 5.75 Å². The zero-order valence-corrected chi connectivity index (χ0v) is 13.2. The topological polar surface area (TPSA) is 47.6 Å². The Bertz CT molecular complexity index is 452. The molecular formula is C14H19Cl2NO3. The molecule has 0 bridgehead atoms. The molecule has 0 amide bonds. The van der Waals surface area contributed by atoms with Crippen molar-refractivity contribution in [2.75, 3.05) is 20.3 Å². The lowest BCUT2D eigenvalue weighted by molar-refractivity contribution is -0.141. The number of hydrogen-bond acceptors (Lipinski definition) is 4. The summed E-state index contributed by atoms with van der Waals surface area (Å²) in [5.74, 6) is 0.240. The molecule has 0 aliphatic carbocycles. The maximum Gasteiger partial charge on any atom is 0.308 e. The van der Waals surface area contributed by atoms with E-state index in [1.54, 1.807) is 6.07 Å². The number of nitrogens with one attached hydrogen (secondary N) is 1. The van der Waals surface area contributed by atoms with Crippen molar-refractivity contribution >= 4 is 29.2 Å². The number of methoxy groups -OCH3 is 1. The van der Waals surface area contributed by atoms with Crippen LogP contribution in [0.5, 0.6) is 5.75 Å². The predicted octanol–water partition coefficient (Wildman–Crippen LogP) is 3.43. The maximum absolute atomic E-state index is 11.1. The Balaban J connectivity index is 2.73. The molecule has 0 heterocycles. The molecule has 0 spiro atoms. The molecule has 0 aliphatic rings. The van der Waals surface area contributed by atoms with Crippen molar-refractivity contribution < 1.29 is 14.3 Å². The van der Waals surface area contributed by atoms with Crippen molar-refractivity contribution in [3.63, 3.8) is 0 Å². The fourth-order valence-electron chi connectivity index (χ4n) is 1.64. The monoisotopic (exact) mass is 319 g/mol. The molecule has 4 nitrogen and oxygen atoms in total. The van der Waals surface area contributed by atoms with Gasteiger partial charge in [-0.3, -0.25) is 4.79 Å². The number of ether oxygens (including phenoxy) is 2. The van der Waals surface area contributed by atoms with Crippen LogP contribution in [0.1, 0.15) is 25.3 Å². The third kappa shape index (κ3) is 5.57. The van der Waals surface area contributed by atoms with Gasteiger partial charge in [0.25, 0.3) is 0 Å². The Labute approximate surface area is 129 Å². The van der Waals surface area contributed by atoms with Crippen molar-refractivity contribution in [2.45, 2.75) is 26.3 Å². The van der Waals surface area contributed by atoms with Gasteiger partial charge in [-0.2, -0.15) is 0 Å². The lowest BCUT2D eigenvalue weighted by Gasteiger charge is -2.14. The first-order valence-corrected chi connectivity index (χ1v) is 7.22. The van der Waals surface area contributed by atoms with E-state index in [0.717, 1.165) is 18.5 Å². The summed E-state index contributed by atoms with van der Waals surface area (Å²) in [5, 5.41) is 4.27. The summed E-state index contributed by atoms with van der Waals surface area (Å²) in [6, 6.07) is 3.43. The third-order valence-electron chi connectivity index (χ3n) is 2.61. The first-order chi connectivity index (χ1) is 9.58. The molecule has 0 unspecified atom stereocenters. The van der Waals surface area contributed by atoms with Gasteiger partial charge < -0.3 is 14.8 Å². The van der Waals surface area contributed by atoms with Crippen LogP contribution < -0.4 is 10.1 Å². The van der Waals surface area contributed by atoms with Crippen LogP contribution in [0.15, 0.2) is 12.1 Å². The predicted molar refractivity (Wildman–Crippen MR) is 80.6 cm³/mol. The highest BCUT2D eigenvalue weighted by Gasteiger charge is 2.11. The summed E-state index contributed by atoms with van der Waals surface area (Å²) in [6.07, 6.45) is 1.21. The van der Waals surface area contributed by atoms with Gasteiger partial charge in [-0.05, 0) is 25.1 Å². The Morgan fingerprint density at radius 3 is 2.75 bits per heavy atom. The van der Waals surface area contributed by atoms with Gasteiger partial charge in [0.15, 0.2) is 0 Å². The number of benzene rings is 1. The summed E-state index contributed by atoms with van der Waals surface area (Å²) < 4.78 is 10.2. The van der Waals surface area contributed by atoms with Crippen LogP contribution in [0.2, 0.25) is 10.0 Å². The molecule has 1 aromatic rings. The lowest BCUT2D eigenvalue weighted by atomic mass is 10.2. The molecule has 0 radical (unpaired) electrons. The largest absolute Gasteiger partial charge is 0.491 e. The minimum atomic E-state index is -0.319. The SMILES string of the molecule is CCCNCc1cc(Cl)cc(Cl)c1OCCC(=O)OC. The van der Waals surface area contributed by atoms with Crippen LogP contribution in [0.25, 0.3) is 0 Å². The van der Waals surface area contributed by atoms with Crippen molar-refractivity contribution in [3.05, 3.63) is 27.7 Å². The van der Waals surface area contributed by atoms with Gasteiger partial charge in [-0.25, -0.2) is 0 Å². The number of halogens is 2. The Kier molecular flexibility index (Phi) is 7.73. The molecule has 0 aliphatic heterocycles. The van der Waals surface area contributed by atoms with Crippen LogP contribution in [-0.2, 0) is 16.1 Å². The Morgan fingerprint density at radius 2 is 2.10 bits per heavy atom. The molecule has 1 aromatic carbocycles. The fourth-order valence-corrected chi connectivity index (χ4v) is 2.24. The van der Waals surface area contributed by atoms with E-state index in [1.165, 1.54) is 7.11 Å². The normalized spacial score (nSPS) is 10.4. The minimum absolute atomic E-state index is 0.178. The molecule has 112 valence electrons. The van der Waals surface area contributed by atoms with Crippen molar-refractivity contribution in [1.29, 1.82) is 0 Å². The van der Waals surface area contributed by atoms with Crippen LogP contribution in [0, 0.1) is 0 Å². The van der Waals surface area contributed by atoms with Crippen LogP contribution >= 0.6 is 23.2 Å². The summed E-state index contributed by atoms with van der Waals surface area (Å²) in [4.78, 5) is 11.1. The molecule has 6 heteroatoms. The molecule has 1 N–H and O–H groups in total. The third-order valence-corrected chi connectivity index (χ3v) is 3.11. The standard InChI is InChI=1S/C14H19Cl2NO3/c1-3-5-17-9-10-7-11(15)8-12(16)14(10)20-6-4-13(18)19-2/h7-8,17H,3-6,9H2,1-2H3.